The van der Waals surface area contributed by atoms with Crippen molar-refractivity contribution in [2.45, 2.75) is 6.54 Å². The molecule has 1 rings (SSSR count). The zero-order valence-electron chi connectivity index (χ0n) is 5.92. The number of pyridine rings is 1. The topological polar surface area (TPSA) is 42.3 Å². The molecular weight excluding hydrogens is 199 g/mol. The fourth-order valence-electron chi connectivity index (χ4n) is 0.671. The molecule has 5 heteroatoms. The van der Waals surface area contributed by atoms with Crippen LogP contribution in [0.2, 0.25) is 10.2 Å². The minimum Gasteiger partial charge on any atom is -0.243 e. The van der Waals surface area contributed by atoms with Gasteiger partial charge in [-0.1, -0.05) is 23.2 Å². The van der Waals surface area contributed by atoms with Crippen LogP contribution in [0.4, 0.5) is 0 Å². The van der Waals surface area contributed by atoms with Gasteiger partial charge in [-0.25, -0.2) is 14.8 Å². The molecule has 0 saturated carbocycles. The van der Waals surface area contributed by atoms with Crippen LogP contribution in [0.1, 0.15) is 5.56 Å². The highest BCUT2D eigenvalue weighted by atomic mass is 35.5. The highest BCUT2D eigenvalue weighted by molar-refractivity contribution is 6.41. The highest BCUT2D eigenvalue weighted by Gasteiger charge is 1.99. The summed E-state index contributed by atoms with van der Waals surface area (Å²) in [4.78, 5) is 16.9. The van der Waals surface area contributed by atoms with Crippen LogP contribution >= 0.6 is 23.2 Å². The van der Waals surface area contributed by atoms with Gasteiger partial charge in [0.05, 0.1) is 11.6 Å². The first-order valence-electron chi connectivity index (χ1n) is 3.07. The molecule has 0 bridgehead atoms. The Morgan fingerprint density at radius 3 is 2.92 bits per heavy atom. The number of aromatic nitrogens is 1. The summed E-state index contributed by atoms with van der Waals surface area (Å²) >= 11 is 11.2. The Kier molecular flexibility index (Phi) is 3.23. The fourth-order valence-corrected chi connectivity index (χ4v) is 0.963. The van der Waals surface area contributed by atoms with Crippen LogP contribution in [0, 0.1) is 0 Å². The predicted octanol–water partition coefficient (Wildman–Crippen LogP) is 2.22. The molecular formula is C7H4Cl2N2O. The van der Waals surface area contributed by atoms with E-state index in [1.807, 2.05) is 0 Å². The van der Waals surface area contributed by atoms with E-state index in [-0.39, 0.29) is 11.7 Å². The molecule has 1 aromatic rings. The van der Waals surface area contributed by atoms with E-state index in [9.17, 15) is 4.79 Å². The molecule has 0 aliphatic rings. The Morgan fingerprint density at radius 2 is 2.33 bits per heavy atom. The first kappa shape index (κ1) is 9.20. The lowest BCUT2D eigenvalue weighted by atomic mass is 10.3. The van der Waals surface area contributed by atoms with E-state index >= 15 is 0 Å². The summed E-state index contributed by atoms with van der Waals surface area (Å²) in [6.45, 7) is 0.230. The lowest BCUT2D eigenvalue weighted by Crippen LogP contribution is -1.84. The number of carbonyl (C=O) groups excluding carboxylic acids is 1. The molecule has 0 aliphatic heterocycles. The highest BCUT2D eigenvalue weighted by Crippen LogP contribution is 2.19. The molecule has 1 aromatic heterocycles. The van der Waals surface area contributed by atoms with Gasteiger partial charge in [0.15, 0.2) is 0 Å². The first-order valence-corrected chi connectivity index (χ1v) is 3.83. The average Bonchev–Trinajstić information content (AvgIpc) is 2.07. The van der Waals surface area contributed by atoms with Crippen molar-refractivity contribution in [2.24, 2.45) is 4.99 Å². The molecule has 3 nitrogen and oxygen atoms in total. The molecule has 0 aromatic carbocycles. The zero-order chi connectivity index (χ0) is 8.97. The second kappa shape index (κ2) is 4.21. The molecule has 0 saturated heterocycles. The third-order valence-electron chi connectivity index (χ3n) is 1.18. The van der Waals surface area contributed by atoms with Crippen LogP contribution < -0.4 is 0 Å². The van der Waals surface area contributed by atoms with Crippen molar-refractivity contribution >= 4 is 29.3 Å². The summed E-state index contributed by atoms with van der Waals surface area (Å²) in [6.07, 6.45) is 2.93. The summed E-state index contributed by atoms with van der Waals surface area (Å²) < 4.78 is 0. The number of nitrogens with zero attached hydrogens (tertiary/aromatic N) is 2. The van der Waals surface area contributed by atoms with E-state index in [0.29, 0.717) is 5.02 Å². The van der Waals surface area contributed by atoms with E-state index in [2.05, 4.69) is 9.98 Å². The molecule has 0 atom stereocenters. The van der Waals surface area contributed by atoms with Crippen LogP contribution in [0.25, 0.3) is 0 Å². The van der Waals surface area contributed by atoms with Gasteiger partial charge in [0.1, 0.15) is 5.15 Å². The molecule has 1 heterocycles. The minimum absolute atomic E-state index is 0.230. The van der Waals surface area contributed by atoms with Gasteiger partial charge in [0.2, 0.25) is 6.08 Å². The molecule has 0 unspecified atom stereocenters. The standard InChI is InChI=1S/C7H4Cl2N2O/c8-6-1-5(2-10-4-12)3-11-7(6)9/h1,3H,2H2. The van der Waals surface area contributed by atoms with E-state index in [1.54, 1.807) is 6.07 Å². The Hall–Kier alpha value is -0.890. The maximum Gasteiger partial charge on any atom is 0.235 e. The molecule has 0 N–H and O–H groups in total. The largest absolute Gasteiger partial charge is 0.243 e. The Morgan fingerprint density at radius 1 is 1.58 bits per heavy atom. The SMILES string of the molecule is O=C=NCc1cnc(Cl)c(Cl)c1. The molecule has 12 heavy (non-hydrogen) atoms. The number of rotatable bonds is 2. The van der Waals surface area contributed by atoms with E-state index < -0.39 is 0 Å². The number of isocyanates is 1. The van der Waals surface area contributed by atoms with Crippen molar-refractivity contribution in [3.63, 3.8) is 0 Å². The maximum absolute atomic E-state index is 9.76. The fraction of sp³-hybridized carbons (Fsp3) is 0.143. The van der Waals surface area contributed by atoms with Gasteiger partial charge >= 0.3 is 0 Å². The van der Waals surface area contributed by atoms with Crippen LogP contribution in [-0.2, 0) is 11.3 Å². The Labute approximate surface area is 79.0 Å². The number of halogens is 2. The van der Waals surface area contributed by atoms with Gasteiger partial charge in [-0.2, -0.15) is 0 Å². The van der Waals surface area contributed by atoms with Crippen LogP contribution in [-0.4, -0.2) is 11.1 Å². The van der Waals surface area contributed by atoms with Crippen molar-refractivity contribution in [1.82, 2.24) is 4.98 Å². The van der Waals surface area contributed by atoms with Gasteiger partial charge in [-0.15, -0.1) is 0 Å². The number of hydrogen-bond acceptors (Lipinski definition) is 3. The quantitative estimate of drug-likeness (QED) is 0.420. The van der Waals surface area contributed by atoms with Gasteiger partial charge in [0.25, 0.3) is 0 Å². The maximum atomic E-state index is 9.76. The molecule has 0 radical (unpaired) electrons. The van der Waals surface area contributed by atoms with Crippen LogP contribution in [0.15, 0.2) is 17.3 Å². The molecule has 0 amide bonds. The summed E-state index contributed by atoms with van der Waals surface area (Å²) in [5.74, 6) is 0. The van der Waals surface area contributed by atoms with Gasteiger partial charge < -0.3 is 0 Å². The zero-order valence-corrected chi connectivity index (χ0v) is 7.43. The van der Waals surface area contributed by atoms with Crippen molar-refractivity contribution in [3.05, 3.63) is 28.0 Å². The van der Waals surface area contributed by atoms with Crippen LogP contribution in [0.5, 0.6) is 0 Å². The van der Waals surface area contributed by atoms with Gasteiger partial charge in [0, 0.05) is 6.20 Å². The normalized spacial score (nSPS) is 9.17. The van der Waals surface area contributed by atoms with E-state index in [0.717, 1.165) is 5.56 Å². The third-order valence-corrected chi connectivity index (χ3v) is 1.87. The summed E-state index contributed by atoms with van der Waals surface area (Å²) in [6, 6.07) is 1.61. The van der Waals surface area contributed by atoms with Crippen molar-refractivity contribution in [2.75, 3.05) is 0 Å². The summed E-state index contributed by atoms with van der Waals surface area (Å²) in [7, 11) is 0. The molecule has 0 fully saturated rings. The Balaban J connectivity index is 2.89. The number of aliphatic imine (C=N–C) groups is 1. The van der Waals surface area contributed by atoms with Gasteiger partial charge in [-0.3, -0.25) is 0 Å². The monoisotopic (exact) mass is 202 g/mol. The lowest BCUT2D eigenvalue weighted by molar-refractivity contribution is 0.563. The van der Waals surface area contributed by atoms with E-state index in [4.69, 9.17) is 23.2 Å². The molecule has 0 aliphatic carbocycles. The number of hydrogen-bond donors (Lipinski definition) is 0. The second-order valence-electron chi connectivity index (χ2n) is 2.02. The smallest absolute Gasteiger partial charge is 0.235 e. The summed E-state index contributed by atoms with van der Waals surface area (Å²) in [5, 5.41) is 0.603. The van der Waals surface area contributed by atoms with Crippen molar-refractivity contribution < 1.29 is 4.79 Å². The van der Waals surface area contributed by atoms with Crippen molar-refractivity contribution in [3.8, 4) is 0 Å². The van der Waals surface area contributed by atoms with Crippen LogP contribution in [0.3, 0.4) is 0 Å². The average molecular weight is 203 g/mol. The lowest BCUT2D eigenvalue weighted by Gasteiger charge is -1.96. The molecule has 62 valence electrons. The summed E-state index contributed by atoms with van der Waals surface area (Å²) in [5.41, 5.74) is 0.729. The predicted molar refractivity (Wildman–Crippen MR) is 46.1 cm³/mol. The third kappa shape index (κ3) is 2.31. The van der Waals surface area contributed by atoms with Gasteiger partial charge in [-0.05, 0) is 11.6 Å². The second-order valence-corrected chi connectivity index (χ2v) is 2.79. The first-order chi connectivity index (χ1) is 5.74. The molecule has 0 spiro atoms. The van der Waals surface area contributed by atoms with E-state index in [1.165, 1.54) is 12.3 Å². The van der Waals surface area contributed by atoms with Crippen molar-refractivity contribution in [1.29, 1.82) is 0 Å². The Bertz CT molecular complexity index is 334. The minimum atomic E-state index is 0.230.